The van der Waals surface area contributed by atoms with Gasteiger partial charge in [-0.1, -0.05) is 11.6 Å². The van der Waals surface area contributed by atoms with Gasteiger partial charge in [0.1, 0.15) is 11.4 Å². The number of pyridine rings is 1. The summed E-state index contributed by atoms with van der Waals surface area (Å²) in [6.07, 6.45) is 1.43. The minimum absolute atomic E-state index is 0.0845. The van der Waals surface area contributed by atoms with Crippen LogP contribution in [0.4, 0.5) is 4.79 Å². The van der Waals surface area contributed by atoms with Crippen LogP contribution < -0.4 is 4.74 Å². The molecule has 1 amide bonds. The van der Waals surface area contributed by atoms with Gasteiger partial charge in [-0.25, -0.2) is 4.79 Å². The average Bonchev–Trinajstić information content (AvgIpc) is 2.75. The van der Waals surface area contributed by atoms with Crippen LogP contribution in [0.1, 0.15) is 51.7 Å². The number of aliphatic hydroxyl groups excluding tert-OH is 1. The number of piperidine rings is 1. The van der Waals surface area contributed by atoms with Gasteiger partial charge in [-0.3, -0.25) is 9.78 Å². The van der Waals surface area contributed by atoms with Crippen LogP contribution in [0.25, 0.3) is 10.9 Å². The smallest absolute Gasteiger partial charge is 0.410 e. The van der Waals surface area contributed by atoms with Gasteiger partial charge in [-0.2, -0.15) is 0 Å². The van der Waals surface area contributed by atoms with Crippen LogP contribution in [0.2, 0.25) is 5.02 Å². The number of carbonyl (C=O) groups excluding carboxylic acids is 1. The number of methoxy groups -OCH3 is 1. The summed E-state index contributed by atoms with van der Waals surface area (Å²) < 4.78 is 10.7. The van der Waals surface area contributed by atoms with Gasteiger partial charge in [0.25, 0.3) is 0 Å². The van der Waals surface area contributed by atoms with Gasteiger partial charge in [-0.15, -0.1) is 0 Å². The molecule has 1 aliphatic rings. The maximum absolute atomic E-state index is 12.4. The van der Waals surface area contributed by atoms with E-state index >= 15 is 0 Å². The molecule has 2 unspecified atom stereocenters. The normalized spacial score (nSPS) is 19.9. The molecule has 0 aliphatic carbocycles. The van der Waals surface area contributed by atoms with E-state index in [-0.39, 0.29) is 12.5 Å². The number of amides is 1. The zero-order valence-corrected chi connectivity index (χ0v) is 20.1. The Bertz CT molecular complexity index is 1020. The molecule has 1 saturated heterocycles. The summed E-state index contributed by atoms with van der Waals surface area (Å²) in [6, 6.07) is 5.37. The van der Waals surface area contributed by atoms with E-state index in [0.29, 0.717) is 53.0 Å². The number of rotatable bonds is 6. The van der Waals surface area contributed by atoms with Crippen LogP contribution >= 0.6 is 11.6 Å². The molecule has 1 fully saturated rings. The molecule has 9 heteroatoms. The Morgan fingerprint density at radius 3 is 2.70 bits per heavy atom. The fourth-order valence-corrected chi connectivity index (χ4v) is 4.54. The molecule has 1 aliphatic heterocycles. The predicted molar refractivity (Wildman–Crippen MR) is 125 cm³/mol. The van der Waals surface area contributed by atoms with Crippen molar-refractivity contribution in [3.05, 3.63) is 35.0 Å². The number of hydrogen-bond acceptors (Lipinski definition) is 6. The number of carboxylic acid groups (broad SMARTS) is 1. The van der Waals surface area contributed by atoms with Gasteiger partial charge in [0.15, 0.2) is 0 Å². The predicted octanol–water partition coefficient (Wildman–Crippen LogP) is 4.67. The molecule has 1 aromatic carbocycles. The Morgan fingerprint density at radius 2 is 2.06 bits per heavy atom. The summed E-state index contributed by atoms with van der Waals surface area (Å²) in [6.45, 7) is 5.82. The second-order valence-electron chi connectivity index (χ2n) is 9.42. The fraction of sp³-hybridized carbons (Fsp3) is 0.542. The highest BCUT2D eigenvalue weighted by atomic mass is 35.5. The lowest BCUT2D eigenvalue weighted by Gasteiger charge is -2.37. The van der Waals surface area contributed by atoms with Crippen LogP contribution in [-0.4, -0.2) is 58.0 Å². The number of fused-ring (bicyclic) bond motifs is 1. The third-order valence-corrected chi connectivity index (χ3v) is 6.24. The lowest BCUT2D eigenvalue weighted by Crippen LogP contribution is -2.48. The Labute approximate surface area is 198 Å². The number of aromatic nitrogens is 1. The van der Waals surface area contributed by atoms with Crippen molar-refractivity contribution in [2.75, 3.05) is 20.2 Å². The van der Waals surface area contributed by atoms with E-state index in [4.69, 9.17) is 21.1 Å². The van der Waals surface area contributed by atoms with E-state index in [0.717, 1.165) is 0 Å². The van der Waals surface area contributed by atoms with Gasteiger partial charge < -0.3 is 24.6 Å². The van der Waals surface area contributed by atoms with Gasteiger partial charge >= 0.3 is 12.1 Å². The molecule has 33 heavy (non-hydrogen) atoms. The monoisotopic (exact) mass is 478 g/mol. The largest absolute Gasteiger partial charge is 0.497 e. The summed E-state index contributed by atoms with van der Waals surface area (Å²) in [5, 5.41) is 21.8. The van der Waals surface area contributed by atoms with Crippen LogP contribution in [-0.2, 0) is 9.53 Å². The van der Waals surface area contributed by atoms with Crippen molar-refractivity contribution in [2.24, 2.45) is 11.8 Å². The second-order valence-corrected chi connectivity index (χ2v) is 9.82. The van der Waals surface area contributed by atoms with Gasteiger partial charge in [0.2, 0.25) is 0 Å². The zero-order valence-electron chi connectivity index (χ0n) is 19.4. The lowest BCUT2D eigenvalue weighted by molar-refractivity contribution is -0.146. The molecule has 1 aromatic heterocycles. The first-order valence-corrected chi connectivity index (χ1v) is 11.4. The van der Waals surface area contributed by atoms with Crippen LogP contribution in [0, 0.1) is 11.8 Å². The number of benzene rings is 1. The lowest BCUT2D eigenvalue weighted by atomic mass is 9.81. The maximum atomic E-state index is 12.4. The minimum atomic E-state index is -0.958. The van der Waals surface area contributed by atoms with Crippen LogP contribution in [0.15, 0.2) is 24.4 Å². The van der Waals surface area contributed by atoms with Crippen molar-refractivity contribution in [1.29, 1.82) is 0 Å². The first-order valence-electron chi connectivity index (χ1n) is 11.0. The number of hydrogen-bond donors (Lipinski definition) is 2. The van der Waals surface area contributed by atoms with Crippen molar-refractivity contribution in [3.8, 4) is 5.75 Å². The highest BCUT2D eigenvalue weighted by molar-refractivity contribution is 6.32. The van der Waals surface area contributed by atoms with E-state index in [1.54, 1.807) is 46.1 Å². The molecule has 0 bridgehead atoms. The van der Waals surface area contributed by atoms with E-state index in [9.17, 15) is 19.8 Å². The van der Waals surface area contributed by atoms with Crippen molar-refractivity contribution in [1.82, 2.24) is 9.88 Å². The van der Waals surface area contributed by atoms with Crippen LogP contribution in [0.5, 0.6) is 5.75 Å². The molecule has 3 rings (SSSR count). The van der Waals surface area contributed by atoms with Gasteiger partial charge in [0, 0.05) is 30.2 Å². The van der Waals surface area contributed by atoms with E-state index in [2.05, 4.69) is 4.98 Å². The number of likely N-dealkylation sites (tertiary alicyclic amines) is 1. The van der Waals surface area contributed by atoms with Crippen LogP contribution in [0.3, 0.4) is 0 Å². The van der Waals surface area contributed by atoms with Crippen molar-refractivity contribution in [3.63, 3.8) is 0 Å². The fourth-order valence-electron chi connectivity index (χ4n) is 4.27. The molecular formula is C24H31ClN2O6. The Morgan fingerprint density at radius 1 is 1.33 bits per heavy atom. The zero-order chi connectivity index (χ0) is 24.3. The van der Waals surface area contributed by atoms with E-state index in [1.807, 2.05) is 0 Å². The maximum Gasteiger partial charge on any atom is 0.410 e. The number of carboxylic acids is 1. The number of nitrogens with zero attached hydrogens (tertiary/aromatic N) is 2. The summed E-state index contributed by atoms with van der Waals surface area (Å²) in [5.41, 5.74) is 0.591. The Hall–Kier alpha value is -2.58. The summed E-state index contributed by atoms with van der Waals surface area (Å²) >= 11 is 6.39. The minimum Gasteiger partial charge on any atom is -0.497 e. The standard InChI is InChI=1S/C24H31ClN2O6/c1-24(2,3)33-23(31)27-10-9-14(17(13-27)22(29)30)5-8-20(28)21-16-11-15(32-4)6-7-19(16)26-12-18(21)25/h6-7,11-12,14,17,20,28H,5,8-10,13H2,1-4H3,(H,29,30)/t14?,17?,20-/m1/s1. The van der Waals surface area contributed by atoms with E-state index in [1.165, 1.54) is 11.1 Å². The number of halogens is 1. The first kappa shape index (κ1) is 25.1. The van der Waals surface area contributed by atoms with Gasteiger partial charge in [0.05, 0.1) is 29.7 Å². The highest BCUT2D eigenvalue weighted by Gasteiger charge is 2.37. The third-order valence-electron chi connectivity index (χ3n) is 5.94. The first-order chi connectivity index (χ1) is 15.5. The number of ether oxygens (including phenoxy) is 2. The average molecular weight is 479 g/mol. The summed E-state index contributed by atoms with van der Waals surface area (Å²) in [7, 11) is 1.56. The highest BCUT2D eigenvalue weighted by Crippen LogP contribution is 2.37. The quantitative estimate of drug-likeness (QED) is 0.620. The molecule has 3 atom stereocenters. The summed E-state index contributed by atoms with van der Waals surface area (Å²) in [5.74, 6) is -1.25. The Kier molecular flexibility index (Phi) is 7.69. The second kappa shape index (κ2) is 10.1. The Balaban J connectivity index is 1.72. The molecule has 2 heterocycles. The molecule has 0 radical (unpaired) electrons. The molecule has 8 nitrogen and oxygen atoms in total. The molecule has 180 valence electrons. The molecule has 2 aromatic rings. The van der Waals surface area contributed by atoms with E-state index < -0.39 is 29.7 Å². The number of aliphatic hydroxyl groups is 1. The molecular weight excluding hydrogens is 448 g/mol. The molecule has 0 spiro atoms. The van der Waals surface area contributed by atoms with Gasteiger partial charge in [-0.05, 0) is 64.2 Å². The molecule has 2 N–H and O–H groups in total. The topological polar surface area (TPSA) is 109 Å². The van der Waals surface area contributed by atoms with Crippen molar-refractivity contribution >= 4 is 34.6 Å². The summed E-state index contributed by atoms with van der Waals surface area (Å²) in [4.78, 5) is 30.1. The van der Waals surface area contributed by atoms with Crippen molar-refractivity contribution in [2.45, 2.75) is 51.7 Å². The molecule has 0 saturated carbocycles. The SMILES string of the molecule is COc1ccc2ncc(Cl)c([C@H](O)CCC3CCN(C(=O)OC(C)(C)C)CC3C(=O)O)c2c1. The number of carbonyl (C=O) groups is 2. The number of aliphatic carboxylic acids is 1. The van der Waals surface area contributed by atoms with Crippen molar-refractivity contribution < 1.29 is 29.3 Å². The third kappa shape index (κ3) is 6.06.